The van der Waals surface area contributed by atoms with Crippen LogP contribution in [0.3, 0.4) is 0 Å². The fourth-order valence-electron chi connectivity index (χ4n) is 2.06. The second-order valence-electron chi connectivity index (χ2n) is 6.97. The van der Waals surface area contributed by atoms with Crippen LogP contribution in [0.15, 0.2) is 18.2 Å². The van der Waals surface area contributed by atoms with Crippen molar-refractivity contribution in [3.63, 3.8) is 0 Å². The average molecular weight is 297 g/mol. The van der Waals surface area contributed by atoms with Crippen molar-refractivity contribution < 1.29 is 0 Å². The number of benzene rings is 1. The largest absolute Gasteiger partial charge is 0.370 e. The molecule has 2 nitrogen and oxygen atoms in total. The molecule has 0 amide bonds. The Hall–Kier alpha value is -0.730. The SMILES string of the molecule is CC(C)NCc1ccc(N(C)C(C)C(C)(C)C)c(Cl)c1. The normalized spacial score (nSPS) is 13.7. The quantitative estimate of drug-likeness (QED) is 0.846. The number of hydrogen-bond donors (Lipinski definition) is 1. The maximum atomic E-state index is 6.46. The Bertz CT molecular complexity index is 435. The Morgan fingerprint density at radius 2 is 1.80 bits per heavy atom. The fraction of sp³-hybridized carbons (Fsp3) is 0.647. The van der Waals surface area contributed by atoms with Gasteiger partial charge in [0.15, 0.2) is 0 Å². The zero-order valence-electron chi connectivity index (χ0n) is 13.9. The van der Waals surface area contributed by atoms with E-state index in [2.05, 4.69) is 77.0 Å². The van der Waals surface area contributed by atoms with Crippen LogP contribution >= 0.6 is 11.6 Å². The van der Waals surface area contributed by atoms with E-state index >= 15 is 0 Å². The molecule has 0 fully saturated rings. The Morgan fingerprint density at radius 3 is 2.25 bits per heavy atom. The lowest BCUT2D eigenvalue weighted by atomic mass is 9.87. The summed E-state index contributed by atoms with van der Waals surface area (Å²) in [5.41, 5.74) is 2.54. The summed E-state index contributed by atoms with van der Waals surface area (Å²) in [6, 6.07) is 7.25. The molecule has 114 valence electrons. The highest BCUT2D eigenvalue weighted by molar-refractivity contribution is 6.33. The van der Waals surface area contributed by atoms with Crippen LogP contribution in [0, 0.1) is 5.41 Å². The molecule has 0 aliphatic carbocycles. The van der Waals surface area contributed by atoms with E-state index in [1.807, 2.05) is 0 Å². The van der Waals surface area contributed by atoms with Gasteiger partial charge in [0.25, 0.3) is 0 Å². The lowest BCUT2D eigenvalue weighted by Gasteiger charge is -2.37. The number of nitrogens with zero attached hydrogens (tertiary/aromatic N) is 1. The van der Waals surface area contributed by atoms with Gasteiger partial charge in [0.1, 0.15) is 0 Å². The average Bonchev–Trinajstić information content (AvgIpc) is 2.33. The van der Waals surface area contributed by atoms with E-state index in [0.29, 0.717) is 12.1 Å². The highest BCUT2D eigenvalue weighted by Gasteiger charge is 2.25. The van der Waals surface area contributed by atoms with E-state index in [0.717, 1.165) is 17.3 Å². The minimum atomic E-state index is 0.218. The van der Waals surface area contributed by atoms with Crippen LogP contribution in [0.1, 0.15) is 47.1 Å². The second-order valence-corrected chi connectivity index (χ2v) is 7.38. The standard InChI is InChI=1S/C17H29ClN2/c1-12(2)19-11-14-8-9-16(15(18)10-14)20(7)13(3)17(4,5)6/h8-10,12-13,19H,11H2,1-7H3. The molecule has 0 aliphatic heterocycles. The molecule has 0 spiro atoms. The maximum Gasteiger partial charge on any atom is 0.0642 e. The lowest BCUT2D eigenvalue weighted by Crippen LogP contribution is -2.39. The summed E-state index contributed by atoms with van der Waals surface area (Å²) in [6.45, 7) is 14.2. The highest BCUT2D eigenvalue weighted by Crippen LogP contribution is 2.32. The maximum absolute atomic E-state index is 6.46. The van der Waals surface area contributed by atoms with Gasteiger partial charge in [0.2, 0.25) is 0 Å². The molecule has 0 aliphatic rings. The summed E-state index contributed by atoms with van der Waals surface area (Å²) in [4.78, 5) is 2.27. The van der Waals surface area contributed by atoms with Crippen LogP contribution in [-0.4, -0.2) is 19.1 Å². The highest BCUT2D eigenvalue weighted by atomic mass is 35.5. The van der Waals surface area contributed by atoms with Gasteiger partial charge in [-0.1, -0.05) is 52.3 Å². The molecule has 20 heavy (non-hydrogen) atoms. The predicted molar refractivity (Wildman–Crippen MR) is 90.7 cm³/mol. The molecule has 0 bridgehead atoms. The lowest BCUT2D eigenvalue weighted by molar-refractivity contribution is 0.330. The smallest absolute Gasteiger partial charge is 0.0642 e. The topological polar surface area (TPSA) is 15.3 Å². The Kier molecular flexibility index (Phi) is 5.91. The van der Waals surface area contributed by atoms with Gasteiger partial charge in [-0.2, -0.15) is 0 Å². The molecule has 0 radical (unpaired) electrons. The Balaban J connectivity index is 2.87. The van der Waals surface area contributed by atoms with Crippen molar-refractivity contribution >= 4 is 17.3 Å². The molecular formula is C17H29ClN2. The van der Waals surface area contributed by atoms with E-state index in [-0.39, 0.29) is 5.41 Å². The van der Waals surface area contributed by atoms with Crippen LogP contribution in [0.4, 0.5) is 5.69 Å². The first-order chi connectivity index (χ1) is 9.12. The number of hydrogen-bond acceptors (Lipinski definition) is 2. The summed E-state index contributed by atoms with van der Waals surface area (Å²) in [5.74, 6) is 0. The first-order valence-electron chi connectivity index (χ1n) is 7.37. The van der Waals surface area contributed by atoms with Gasteiger partial charge in [-0.3, -0.25) is 0 Å². The molecule has 0 aromatic heterocycles. The van der Waals surface area contributed by atoms with Crippen LogP contribution < -0.4 is 10.2 Å². The molecule has 1 aromatic carbocycles. The molecule has 1 rings (SSSR count). The van der Waals surface area contributed by atoms with E-state index in [4.69, 9.17) is 11.6 Å². The number of halogens is 1. The van der Waals surface area contributed by atoms with E-state index in [1.165, 1.54) is 5.56 Å². The molecule has 1 unspecified atom stereocenters. The molecule has 1 aromatic rings. The van der Waals surface area contributed by atoms with E-state index in [1.54, 1.807) is 0 Å². The van der Waals surface area contributed by atoms with E-state index < -0.39 is 0 Å². The van der Waals surface area contributed by atoms with Crippen molar-refractivity contribution in [2.45, 2.75) is 60.2 Å². The van der Waals surface area contributed by atoms with Crippen LogP contribution in [0.25, 0.3) is 0 Å². The third-order valence-electron chi connectivity index (χ3n) is 3.94. The third kappa shape index (κ3) is 4.68. The minimum Gasteiger partial charge on any atom is -0.370 e. The van der Waals surface area contributed by atoms with Gasteiger partial charge in [0, 0.05) is 25.7 Å². The van der Waals surface area contributed by atoms with Gasteiger partial charge in [-0.25, -0.2) is 0 Å². The molecule has 1 atom stereocenters. The predicted octanol–water partition coefficient (Wildman–Crippen LogP) is 4.71. The van der Waals surface area contributed by atoms with Crippen molar-refractivity contribution in [2.75, 3.05) is 11.9 Å². The van der Waals surface area contributed by atoms with Crippen LogP contribution in [0.2, 0.25) is 5.02 Å². The summed E-state index contributed by atoms with van der Waals surface area (Å²) < 4.78 is 0. The zero-order chi connectivity index (χ0) is 15.5. The fourth-order valence-corrected chi connectivity index (χ4v) is 2.39. The van der Waals surface area contributed by atoms with Crippen molar-refractivity contribution in [3.05, 3.63) is 28.8 Å². The van der Waals surface area contributed by atoms with Gasteiger partial charge >= 0.3 is 0 Å². The first kappa shape index (κ1) is 17.3. The van der Waals surface area contributed by atoms with Gasteiger partial charge < -0.3 is 10.2 Å². The van der Waals surface area contributed by atoms with Crippen LogP contribution in [0.5, 0.6) is 0 Å². The molecule has 0 heterocycles. The molecule has 0 saturated heterocycles. The third-order valence-corrected chi connectivity index (χ3v) is 4.24. The number of nitrogens with one attached hydrogen (secondary N) is 1. The summed E-state index contributed by atoms with van der Waals surface area (Å²) in [6.07, 6.45) is 0. The minimum absolute atomic E-state index is 0.218. The van der Waals surface area contributed by atoms with Crippen LogP contribution in [-0.2, 0) is 6.54 Å². The molecule has 0 saturated carbocycles. The van der Waals surface area contributed by atoms with Crippen molar-refractivity contribution in [3.8, 4) is 0 Å². The second kappa shape index (κ2) is 6.82. The van der Waals surface area contributed by atoms with Crippen molar-refractivity contribution in [2.24, 2.45) is 5.41 Å². The monoisotopic (exact) mass is 296 g/mol. The first-order valence-corrected chi connectivity index (χ1v) is 7.75. The number of rotatable bonds is 5. The van der Waals surface area contributed by atoms with Gasteiger partial charge in [0.05, 0.1) is 10.7 Å². The summed E-state index contributed by atoms with van der Waals surface area (Å²) in [5, 5.41) is 4.24. The molecular weight excluding hydrogens is 268 g/mol. The molecule has 3 heteroatoms. The van der Waals surface area contributed by atoms with Gasteiger partial charge in [-0.15, -0.1) is 0 Å². The summed E-state index contributed by atoms with van der Waals surface area (Å²) >= 11 is 6.46. The Morgan fingerprint density at radius 1 is 1.20 bits per heavy atom. The number of anilines is 1. The zero-order valence-corrected chi connectivity index (χ0v) is 14.7. The van der Waals surface area contributed by atoms with Crippen molar-refractivity contribution in [1.29, 1.82) is 0 Å². The van der Waals surface area contributed by atoms with Crippen molar-refractivity contribution in [1.82, 2.24) is 5.32 Å². The summed E-state index contributed by atoms with van der Waals surface area (Å²) in [7, 11) is 2.11. The Labute approximate surface area is 129 Å². The van der Waals surface area contributed by atoms with E-state index in [9.17, 15) is 0 Å². The molecule has 1 N–H and O–H groups in total. The van der Waals surface area contributed by atoms with Gasteiger partial charge in [-0.05, 0) is 30.0 Å².